The summed E-state index contributed by atoms with van der Waals surface area (Å²) in [6.07, 6.45) is 8.22. The Labute approximate surface area is 74.9 Å². The Kier molecular flexibility index (Phi) is 3.51. The lowest BCUT2D eigenvalue weighted by molar-refractivity contribution is -0.109. The zero-order valence-electron chi connectivity index (χ0n) is 8.05. The van der Waals surface area contributed by atoms with Gasteiger partial charge in [0.15, 0.2) is 0 Å². The first-order chi connectivity index (χ1) is 5.76. The lowest BCUT2D eigenvalue weighted by atomic mass is 10.0. The Morgan fingerprint density at radius 2 is 2.42 bits per heavy atom. The van der Waals surface area contributed by atoms with Crippen LogP contribution in [0.5, 0.6) is 0 Å². The molecule has 0 amide bonds. The zero-order chi connectivity index (χ0) is 8.97. The molecule has 0 aromatic heterocycles. The van der Waals surface area contributed by atoms with Crippen molar-refractivity contribution in [1.29, 1.82) is 0 Å². The molecule has 1 aliphatic rings. The highest BCUT2D eigenvalue weighted by atomic mass is 16.1. The Balaban J connectivity index is 2.45. The van der Waals surface area contributed by atoms with Crippen molar-refractivity contribution in [2.24, 2.45) is 11.8 Å². The van der Waals surface area contributed by atoms with Gasteiger partial charge in [0.05, 0.1) is 0 Å². The third-order valence-corrected chi connectivity index (χ3v) is 2.72. The summed E-state index contributed by atoms with van der Waals surface area (Å²) in [6.45, 7) is 4.20. The van der Waals surface area contributed by atoms with Crippen molar-refractivity contribution in [3.63, 3.8) is 0 Å². The first kappa shape index (κ1) is 9.50. The van der Waals surface area contributed by atoms with Crippen LogP contribution in [0.25, 0.3) is 0 Å². The molecule has 0 heterocycles. The van der Waals surface area contributed by atoms with Gasteiger partial charge in [0, 0.05) is 5.92 Å². The number of rotatable bonds is 3. The molecule has 0 radical (unpaired) electrons. The minimum atomic E-state index is 0.121. The highest BCUT2D eigenvalue weighted by Crippen LogP contribution is 2.32. The number of hydrogen-bond acceptors (Lipinski definition) is 1. The first-order valence-corrected chi connectivity index (χ1v) is 4.91. The van der Waals surface area contributed by atoms with Crippen LogP contribution in [0.15, 0.2) is 11.6 Å². The zero-order valence-corrected chi connectivity index (χ0v) is 8.05. The van der Waals surface area contributed by atoms with Gasteiger partial charge in [0.2, 0.25) is 0 Å². The first-order valence-electron chi connectivity index (χ1n) is 4.91. The van der Waals surface area contributed by atoms with Gasteiger partial charge < -0.3 is 4.79 Å². The number of aldehydes is 1. The van der Waals surface area contributed by atoms with E-state index in [1.807, 2.05) is 6.92 Å². The van der Waals surface area contributed by atoms with Crippen molar-refractivity contribution in [1.82, 2.24) is 0 Å². The van der Waals surface area contributed by atoms with Crippen molar-refractivity contribution >= 4 is 6.29 Å². The van der Waals surface area contributed by atoms with Gasteiger partial charge in [-0.15, -0.1) is 0 Å². The van der Waals surface area contributed by atoms with Crippen LogP contribution in [0.4, 0.5) is 0 Å². The van der Waals surface area contributed by atoms with Crippen molar-refractivity contribution < 1.29 is 4.79 Å². The Bertz CT molecular complexity index is 181. The second-order valence-corrected chi connectivity index (χ2v) is 3.84. The minimum Gasteiger partial charge on any atom is -0.303 e. The smallest absolute Gasteiger partial charge is 0.126 e. The molecule has 0 N–H and O–H groups in total. The molecule has 0 aromatic carbocycles. The van der Waals surface area contributed by atoms with E-state index >= 15 is 0 Å². The molecular weight excluding hydrogens is 148 g/mol. The second kappa shape index (κ2) is 4.44. The SMILES string of the molecule is CCC1CCC(=CC(C)C=O)C1. The second-order valence-electron chi connectivity index (χ2n) is 3.84. The third kappa shape index (κ3) is 2.47. The van der Waals surface area contributed by atoms with Gasteiger partial charge in [-0.1, -0.05) is 31.9 Å². The summed E-state index contributed by atoms with van der Waals surface area (Å²) in [4.78, 5) is 10.4. The highest BCUT2D eigenvalue weighted by molar-refractivity contribution is 5.56. The maximum absolute atomic E-state index is 10.4. The maximum atomic E-state index is 10.4. The van der Waals surface area contributed by atoms with E-state index in [2.05, 4.69) is 13.0 Å². The van der Waals surface area contributed by atoms with E-state index in [9.17, 15) is 4.79 Å². The predicted octanol–water partition coefficient (Wildman–Crippen LogP) is 2.96. The van der Waals surface area contributed by atoms with Crippen LogP contribution in [0.2, 0.25) is 0 Å². The van der Waals surface area contributed by atoms with Crippen LogP contribution >= 0.6 is 0 Å². The van der Waals surface area contributed by atoms with E-state index in [4.69, 9.17) is 0 Å². The number of hydrogen-bond donors (Lipinski definition) is 0. The number of carbonyl (C=O) groups is 1. The molecule has 12 heavy (non-hydrogen) atoms. The van der Waals surface area contributed by atoms with E-state index in [-0.39, 0.29) is 5.92 Å². The fourth-order valence-corrected chi connectivity index (χ4v) is 1.88. The number of carbonyl (C=O) groups excluding carboxylic acids is 1. The molecule has 1 fully saturated rings. The molecule has 0 aliphatic heterocycles. The fourth-order valence-electron chi connectivity index (χ4n) is 1.88. The normalized spacial score (nSPS) is 29.2. The van der Waals surface area contributed by atoms with Crippen LogP contribution in [0.3, 0.4) is 0 Å². The van der Waals surface area contributed by atoms with E-state index in [1.54, 1.807) is 0 Å². The summed E-state index contributed by atoms with van der Waals surface area (Å²) >= 11 is 0. The van der Waals surface area contributed by atoms with E-state index in [0.29, 0.717) is 0 Å². The molecule has 2 unspecified atom stereocenters. The van der Waals surface area contributed by atoms with Crippen molar-refractivity contribution in [3.8, 4) is 0 Å². The molecule has 1 heteroatoms. The highest BCUT2D eigenvalue weighted by Gasteiger charge is 2.17. The predicted molar refractivity (Wildman–Crippen MR) is 50.9 cm³/mol. The van der Waals surface area contributed by atoms with Gasteiger partial charge >= 0.3 is 0 Å². The lowest BCUT2D eigenvalue weighted by Gasteiger charge is -2.02. The molecule has 1 aliphatic carbocycles. The lowest BCUT2D eigenvalue weighted by Crippen LogP contribution is -1.92. The standard InChI is InChI=1S/C11H18O/c1-3-10-4-5-11(7-10)6-9(2)8-12/h6,8-10H,3-5,7H2,1-2H3. The quantitative estimate of drug-likeness (QED) is 0.465. The molecule has 0 bridgehead atoms. The Hall–Kier alpha value is -0.590. The van der Waals surface area contributed by atoms with Gasteiger partial charge in [-0.05, 0) is 25.2 Å². The molecule has 0 aromatic rings. The maximum Gasteiger partial charge on any atom is 0.126 e. The number of allylic oxidation sites excluding steroid dienone is 2. The monoisotopic (exact) mass is 166 g/mol. The van der Waals surface area contributed by atoms with E-state index in [0.717, 1.165) is 12.2 Å². The topological polar surface area (TPSA) is 17.1 Å². The minimum absolute atomic E-state index is 0.121. The summed E-state index contributed by atoms with van der Waals surface area (Å²) in [7, 11) is 0. The summed E-state index contributed by atoms with van der Waals surface area (Å²) in [5.74, 6) is 1.01. The van der Waals surface area contributed by atoms with Crippen LogP contribution in [-0.4, -0.2) is 6.29 Å². The van der Waals surface area contributed by atoms with Crippen molar-refractivity contribution in [3.05, 3.63) is 11.6 Å². The molecule has 1 nitrogen and oxygen atoms in total. The summed E-state index contributed by atoms with van der Waals surface area (Å²) in [5, 5.41) is 0. The molecule has 2 atom stereocenters. The van der Waals surface area contributed by atoms with Crippen LogP contribution in [-0.2, 0) is 4.79 Å². The molecule has 1 saturated carbocycles. The Morgan fingerprint density at radius 1 is 1.67 bits per heavy atom. The summed E-state index contributed by atoms with van der Waals surface area (Å²) in [6, 6.07) is 0. The largest absolute Gasteiger partial charge is 0.303 e. The third-order valence-electron chi connectivity index (χ3n) is 2.72. The van der Waals surface area contributed by atoms with Crippen LogP contribution in [0, 0.1) is 11.8 Å². The average Bonchev–Trinajstić information content (AvgIpc) is 2.52. The van der Waals surface area contributed by atoms with Crippen LogP contribution < -0.4 is 0 Å². The van der Waals surface area contributed by atoms with Crippen LogP contribution in [0.1, 0.15) is 39.5 Å². The van der Waals surface area contributed by atoms with Crippen molar-refractivity contribution in [2.75, 3.05) is 0 Å². The Morgan fingerprint density at radius 3 is 2.92 bits per heavy atom. The summed E-state index contributed by atoms with van der Waals surface area (Å²) in [5.41, 5.74) is 1.50. The van der Waals surface area contributed by atoms with Crippen molar-refractivity contribution in [2.45, 2.75) is 39.5 Å². The van der Waals surface area contributed by atoms with Gasteiger partial charge in [-0.2, -0.15) is 0 Å². The molecule has 0 spiro atoms. The molecular formula is C11H18O. The van der Waals surface area contributed by atoms with Gasteiger partial charge in [0.1, 0.15) is 6.29 Å². The summed E-state index contributed by atoms with van der Waals surface area (Å²) < 4.78 is 0. The van der Waals surface area contributed by atoms with Gasteiger partial charge in [-0.3, -0.25) is 0 Å². The van der Waals surface area contributed by atoms with Gasteiger partial charge in [-0.25, -0.2) is 0 Å². The van der Waals surface area contributed by atoms with E-state index < -0.39 is 0 Å². The molecule has 68 valence electrons. The fraction of sp³-hybridized carbons (Fsp3) is 0.727. The van der Waals surface area contributed by atoms with E-state index in [1.165, 1.54) is 31.3 Å². The molecule has 0 saturated heterocycles. The average molecular weight is 166 g/mol. The van der Waals surface area contributed by atoms with Gasteiger partial charge in [0.25, 0.3) is 0 Å². The molecule has 1 rings (SSSR count).